The zero-order chi connectivity index (χ0) is 27.3. The van der Waals surface area contributed by atoms with E-state index in [4.69, 9.17) is 10.8 Å². The number of fused-ring (bicyclic) bond motifs is 6. The van der Waals surface area contributed by atoms with Gasteiger partial charge in [-0.1, -0.05) is 109 Å². The molecule has 0 amide bonds. The van der Waals surface area contributed by atoms with Crippen LogP contribution >= 0.6 is 0 Å². The van der Waals surface area contributed by atoms with Crippen molar-refractivity contribution in [3.63, 3.8) is 0 Å². The van der Waals surface area contributed by atoms with Crippen LogP contribution in [-0.4, -0.2) is 5.11 Å². The number of furan rings is 1. The lowest BCUT2D eigenvalue weighted by atomic mass is 9.60. The molecule has 0 saturated carbocycles. The Hall–Kier alpha value is -5.00. The van der Waals surface area contributed by atoms with Crippen molar-refractivity contribution in [3.05, 3.63) is 138 Å². The maximum absolute atomic E-state index is 11.5. The van der Waals surface area contributed by atoms with Crippen LogP contribution in [0.1, 0.15) is 24.5 Å². The third-order valence-corrected chi connectivity index (χ3v) is 8.47. The van der Waals surface area contributed by atoms with Gasteiger partial charge in [-0.25, -0.2) is 0 Å². The molecule has 2 heteroatoms. The molecule has 4 aromatic carbocycles. The highest BCUT2D eigenvalue weighted by atomic mass is 16.3. The van der Waals surface area contributed by atoms with Crippen molar-refractivity contribution in [2.75, 3.05) is 0 Å². The summed E-state index contributed by atoms with van der Waals surface area (Å²) in [4.78, 5) is 0. The zero-order valence-corrected chi connectivity index (χ0v) is 22.3. The van der Waals surface area contributed by atoms with E-state index in [0.29, 0.717) is 0 Å². The van der Waals surface area contributed by atoms with Crippen molar-refractivity contribution in [2.24, 2.45) is 5.92 Å². The summed E-state index contributed by atoms with van der Waals surface area (Å²) >= 11 is 0. The maximum atomic E-state index is 11.5. The van der Waals surface area contributed by atoms with Crippen LogP contribution in [-0.2, 0) is 5.41 Å². The van der Waals surface area contributed by atoms with Crippen molar-refractivity contribution in [1.29, 1.82) is 0 Å². The molecule has 2 aliphatic rings. The fourth-order valence-electron chi connectivity index (χ4n) is 6.89. The van der Waals surface area contributed by atoms with Crippen LogP contribution in [0.2, 0.25) is 0 Å². The van der Waals surface area contributed by atoms with E-state index >= 15 is 0 Å². The van der Waals surface area contributed by atoms with Gasteiger partial charge in [0.15, 0.2) is 0 Å². The number of terminal acetylenes is 1. The van der Waals surface area contributed by atoms with Crippen LogP contribution in [0.4, 0.5) is 0 Å². The van der Waals surface area contributed by atoms with E-state index in [-0.39, 0.29) is 11.7 Å². The summed E-state index contributed by atoms with van der Waals surface area (Å²) in [6, 6.07) is 26.7. The standard InChI is InChI=1S/C38H28O2/c1-3-5-14-25(4-2)38(26-15-7-6-8-16-26)32-21-11-9-18-31(32)35-33(39)24-23-28(36(35)38)30-20-13-19-29-27-17-10-12-22-34(27)40-37(29)30/h2-3,5-15,17-24,26,39H,16H2,1H3/b5-3-,25-14+. The van der Waals surface area contributed by atoms with E-state index in [1.807, 2.05) is 55.5 Å². The third-order valence-electron chi connectivity index (χ3n) is 8.47. The molecular weight excluding hydrogens is 488 g/mol. The van der Waals surface area contributed by atoms with E-state index in [9.17, 15) is 5.11 Å². The van der Waals surface area contributed by atoms with Gasteiger partial charge in [0, 0.05) is 27.5 Å². The van der Waals surface area contributed by atoms with Crippen molar-refractivity contribution in [1.82, 2.24) is 0 Å². The molecule has 5 aromatic rings. The smallest absolute Gasteiger partial charge is 0.143 e. The van der Waals surface area contributed by atoms with Crippen molar-refractivity contribution < 1.29 is 9.52 Å². The number of rotatable bonds is 4. The van der Waals surface area contributed by atoms with Gasteiger partial charge in [-0.2, -0.15) is 0 Å². The molecule has 0 fully saturated rings. The summed E-state index contributed by atoms with van der Waals surface area (Å²) in [5.41, 5.74) is 7.85. The fraction of sp³-hybridized carbons (Fsp3) is 0.105. The number of phenolic OH excluding ortho intramolecular Hbond substituents is 1. The monoisotopic (exact) mass is 516 g/mol. The Morgan fingerprint density at radius 2 is 1.73 bits per heavy atom. The highest BCUT2D eigenvalue weighted by Crippen LogP contribution is 2.62. The van der Waals surface area contributed by atoms with Gasteiger partial charge in [-0.05, 0) is 59.7 Å². The Morgan fingerprint density at radius 3 is 2.55 bits per heavy atom. The van der Waals surface area contributed by atoms with Gasteiger partial charge < -0.3 is 9.52 Å². The van der Waals surface area contributed by atoms with Crippen LogP contribution < -0.4 is 0 Å². The van der Waals surface area contributed by atoms with E-state index in [1.54, 1.807) is 0 Å². The van der Waals surface area contributed by atoms with Gasteiger partial charge in [0.05, 0.1) is 5.41 Å². The summed E-state index contributed by atoms with van der Waals surface area (Å²) < 4.78 is 6.52. The molecule has 0 saturated heterocycles. The molecule has 7 rings (SSSR count). The molecule has 1 heterocycles. The molecule has 0 bridgehead atoms. The maximum Gasteiger partial charge on any atom is 0.143 e. The lowest BCUT2D eigenvalue weighted by Gasteiger charge is -2.40. The molecule has 2 nitrogen and oxygen atoms in total. The minimum atomic E-state index is -0.691. The fourth-order valence-corrected chi connectivity index (χ4v) is 6.89. The first-order valence-electron chi connectivity index (χ1n) is 13.7. The normalized spacial score (nSPS) is 19.8. The largest absolute Gasteiger partial charge is 0.507 e. The quantitative estimate of drug-likeness (QED) is 0.191. The molecular formula is C38H28O2. The highest BCUT2D eigenvalue weighted by molar-refractivity contribution is 6.10. The first kappa shape index (κ1) is 24.1. The van der Waals surface area contributed by atoms with Gasteiger partial charge in [-0.3, -0.25) is 0 Å². The second-order valence-electron chi connectivity index (χ2n) is 10.4. The van der Waals surface area contributed by atoms with Crippen LogP contribution in [0.3, 0.4) is 0 Å². The van der Waals surface area contributed by atoms with Crippen LogP contribution in [0.5, 0.6) is 5.75 Å². The molecule has 0 aliphatic heterocycles. The topological polar surface area (TPSA) is 33.4 Å². The molecule has 0 radical (unpaired) electrons. The van der Waals surface area contributed by atoms with Crippen molar-refractivity contribution in [3.8, 4) is 40.3 Å². The van der Waals surface area contributed by atoms with E-state index in [0.717, 1.165) is 67.3 Å². The zero-order valence-electron chi connectivity index (χ0n) is 22.3. The van der Waals surface area contributed by atoms with Gasteiger partial charge >= 0.3 is 0 Å². The van der Waals surface area contributed by atoms with Crippen LogP contribution in [0.25, 0.3) is 44.2 Å². The number of hydrogen-bond donors (Lipinski definition) is 1. The Bertz CT molecular complexity index is 1970. The van der Waals surface area contributed by atoms with Crippen molar-refractivity contribution in [2.45, 2.75) is 18.8 Å². The molecule has 192 valence electrons. The minimum absolute atomic E-state index is 0.0443. The highest BCUT2D eigenvalue weighted by Gasteiger charge is 2.52. The van der Waals surface area contributed by atoms with Gasteiger partial charge in [-0.15, -0.1) is 6.42 Å². The average Bonchev–Trinajstić information content (AvgIpc) is 3.54. The van der Waals surface area contributed by atoms with Crippen molar-refractivity contribution >= 4 is 21.9 Å². The Balaban J connectivity index is 1.66. The third kappa shape index (κ3) is 3.25. The number of hydrogen-bond acceptors (Lipinski definition) is 2. The first-order valence-corrected chi connectivity index (χ1v) is 13.7. The SMILES string of the molecule is C#C/C(=C\C=C/C)C1(C2C=CC=CC2)c2ccccc2-c2c(O)ccc(-c3cccc4c3oc3ccccc34)c21. The van der Waals surface area contributed by atoms with Crippen LogP contribution in [0.15, 0.2) is 131 Å². The molecule has 2 aliphatic carbocycles. The summed E-state index contributed by atoms with van der Waals surface area (Å²) in [5.74, 6) is 3.40. The summed E-state index contributed by atoms with van der Waals surface area (Å²) in [7, 11) is 0. The summed E-state index contributed by atoms with van der Waals surface area (Å²) in [6.45, 7) is 2.00. The number of aromatic hydroxyl groups is 1. The Morgan fingerprint density at radius 1 is 0.925 bits per heavy atom. The predicted molar refractivity (Wildman–Crippen MR) is 165 cm³/mol. The molecule has 1 aromatic heterocycles. The van der Waals surface area contributed by atoms with Crippen LogP contribution in [0, 0.1) is 18.3 Å². The predicted octanol–water partition coefficient (Wildman–Crippen LogP) is 9.49. The lowest BCUT2D eigenvalue weighted by molar-refractivity contribution is 0.454. The molecule has 2 atom stereocenters. The molecule has 40 heavy (non-hydrogen) atoms. The second kappa shape index (κ2) is 9.33. The first-order chi connectivity index (χ1) is 19.7. The molecule has 2 unspecified atom stereocenters. The Kier molecular flexibility index (Phi) is 5.61. The lowest BCUT2D eigenvalue weighted by Crippen LogP contribution is -2.36. The van der Waals surface area contributed by atoms with E-state index in [2.05, 4.69) is 78.8 Å². The molecule has 0 spiro atoms. The van der Waals surface area contributed by atoms with Gasteiger partial charge in [0.2, 0.25) is 0 Å². The Labute approximate surface area is 234 Å². The number of benzene rings is 4. The average molecular weight is 517 g/mol. The number of para-hydroxylation sites is 2. The van der Waals surface area contributed by atoms with Gasteiger partial charge in [0.25, 0.3) is 0 Å². The summed E-state index contributed by atoms with van der Waals surface area (Å²) in [6.07, 6.45) is 22.0. The minimum Gasteiger partial charge on any atom is -0.507 e. The van der Waals surface area contributed by atoms with E-state index < -0.39 is 5.41 Å². The number of allylic oxidation sites excluding steroid dienone is 8. The number of phenols is 1. The van der Waals surface area contributed by atoms with Gasteiger partial charge in [0.1, 0.15) is 16.9 Å². The second-order valence-corrected chi connectivity index (χ2v) is 10.4. The molecule has 1 N–H and O–H groups in total. The van der Waals surface area contributed by atoms with E-state index in [1.165, 1.54) is 0 Å². The summed E-state index contributed by atoms with van der Waals surface area (Å²) in [5, 5.41) is 13.7.